The predicted octanol–water partition coefficient (Wildman–Crippen LogP) is 3.69. The van der Waals surface area contributed by atoms with Gasteiger partial charge in [-0.3, -0.25) is 4.79 Å². The number of nitrogens with zero attached hydrogens (tertiary/aromatic N) is 4. The second kappa shape index (κ2) is 8.11. The number of piperidine rings is 1. The van der Waals surface area contributed by atoms with Gasteiger partial charge in [0.05, 0.1) is 18.5 Å². The second-order valence-corrected chi connectivity index (χ2v) is 8.42. The van der Waals surface area contributed by atoms with Crippen molar-refractivity contribution in [2.45, 2.75) is 44.7 Å². The van der Waals surface area contributed by atoms with Gasteiger partial charge in [0.1, 0.15) is 5.76 Å². The highest BCUT2D eigenvalue weighted by molar-refractivity contribution is 5.94. The first kappa shape index (κ1) is 19.1. The minimum Gasteiger partial charge on any atom is -0.467 e. The fourth-order valence-corrected chi connectivity index (χ4v) is 4.77. The maximum Gasteiger partial charge on any atom is 0.275 e. The molecule has 6 heteroatoms. The summed E-state index contributed by atoms with van der Waals surface area (Å²) in [4.78, 5) is 18.2. The maximum atomic E-state index is 13.9. The average Bonchev–Trinajstić information content (AvgIpc) is 3.51. The second-order valence-electron chi connectivity index (χ2n) is 8.42. The van der Waals surface area contributed by atoms with Crippen molar-refractivity contribution in [3.63, 3.8) is 0 Å². The van der Waals surface area contributed by atoms with Crippen LogP contribution in [0, 0.1) is 0 Å². The Labute approximate surface area is 177 Å². The van der Waals surface area contributed by atoms with E-state index in [1.807, 2.05) is 39.9 Å². The van der Waals surface area contributed by atoms with Gasteiger partial charge >= 0.3 is 0 Å². The van der Waals surface area contributed by atoms with E-state index in [1.54, 1.807) is 6.26 Å². The van der Waals surface area contributed by atoms with Gasteiger partial charge in [-0.1, -0.05) is 18.2 Å². The number of amides is 1. The van der Waals surface area contributed by atoms with E-state index in [2.05, 4.69) is 24.1 Å². The van der Waals surface area contributed by atoms with Crippen molar-refractivity contribution in [1.82, 2.24) is 19.6 Å². The van der Waals surface area contributed by atoms with Crippen LogP contribution in [0.15, 0.2) is 53.1 Å². The number of carbonyl (C=O) groups excluding carboxylic acids is 1. The SMILES string of the molecule is CN1CCC(N(Cc2ccco2)C(=O)c2nn(-c3ccccc3)c3c2CCC3)CC1. The molecular weight excluding hydrogens is 376 g/mol. The number of aromatic nitrogens is 2. The summed E-state index contributed by atoms with van der Waals surface area (Å²) in [6.45, 7) is 2.50. The van der Waals surface area contributed by atoms with Gasteiger partial charge in [-0.25, -0.2) is 4.68 Å². The molecule has 2 aromatic heterocycles. The molecule has 0 N–H and O–H groups in total. The zero-order valence-corrected chi connectivity index (χ0v) is 17.5. The Hall–Kier alpha value is -2.86. The van der Waals surface area contributed by atoms with Crippen LogP contribution in [0.4, 0.5) is 0 Å². The van der Waals surface area contributed by atoms with Crippen LogP contribution >= 0.6 is 0 Å². The van der Waals surface area contributed by atoms with Crippen molar-refractivity contribution >= 4 is 5.91 Å². The van der Waals surface area contributed by atoms with E-state index in [1.165, 1.54) is 5.69 Å². The lowest BCUT2D eigenvalue weighted by molar-refractivity contribution is 0.0543. The van der Waals surface area contributed by atoms with Gasteiger partial charge < -0.3 is 14.2 Å². The smallest absolute Gasteiger partial charge is 0.275 e. The minimum absolute atomic E-state index is 0.0359. The molecule has 1 aliphatic carbocycles. The lowest BCUT2D eigenvalue weighted by Gasteiger charge is -2.36. The minimum atomic E-state index is 0.0359. The largest absolute Gasteiger partial charge is 0.467 e. The molecule has 156 valence electrons. The highest BCUT2D eigenvalue weighted by Gasteiger charge is 2.34. The Morgan fingerprint density at radius 2 is 1.93 bits per heavy atom. The van der Waals surface area contributed by atoms with Gasteiger partial charge in [0, 0.05) is 17.3 Å². The molecule has 0 unspecified atom stereocenters. The third-order valence-electron chi connectivity index (χ3n) is 6.43. The van der Waals surface area contributed by atoms with Gasteiger partial charge in [0.25, 0.3) is 5.91 Å². The number of hydrogen-bond acceptors (Lipinski definition) is 4. The molecular formula is C24H28N4O2. The van der Waals surface area contributed by atoms with E-state index < -0.39 is 0 Å². The number of carbonyl (C=O) groups is 1. The van der Waals surface area contributed by atoms with Crippen molar-refractivity contribution in [3.8, 4) is 5.69 Å². The van der Waals surface area contributed by atoms with Gasteiger partial charge in [-0.15, -0.1) is 0 Å². The van der Waals surface area contributed by atoms with E-state index in [0.29, 0.717) is 12.2 Å². The number of benzene rings is 1. The van der Waals surface area contributed by atoms with Crippen LogP contribution in [0.5, 0.6) is 0 Å². The Morgan fingerprint density at radius 1 is 1.13 bits per heavy atom. The molecule has 0 atom stereocenters. The molecule has 0 radical (unpaired) electrons. The summed E-state index contributed by atoms with van der Waals surface area (Å²) in [5.41, 5.74) is 3.95. The number of para-hydroxylation sites is 1. The molecule has 0 bridgehead atoms. The first-order valence-electron chi connectivity index (χ1n) is 10.9. The third-order valence-corrected chi connectivity index (χ3v) is 6.43. The van der Waals surface area contributed by atoms with Crippen LogP contribution in [-0.2, 0) is 19.4 Å². The molecule has 2 aliphatic rings. The fourth-order valence-electron chi connectivity index (χ4n) is 4.77. The van der Waals surface area contributed by atoms with Crippen molar-refractivity contribution < 1.29 is 9.21 Å². The van der Waals surface area contributed by atoms with Gasteiger partial charge in [-0.05, 0) is 76.5 Å². The van der Waals surface area contributed by atoms with E-state index in [-0.39, 0.29) is 11.9 Å². The molecule has 3 aromatic rings. The zero-order chi connectivity index (χ0) is 20.5. The predicted molar refractivity (Wildman–Crippen MR) is 115 cm³/mol. The normalized spacial score (nSPS) is 17.2. The molecule has 6 nitrogen and oxygen atoms in total. The summed E-state index contributed by atoms with van der Waals surface area (Å²) in [5.74, 6) is 0.857. The van der Waals surface area contributed by atoms with E-state index >= 15 is 0 Å². The molecule has 0 saturated carbocycles. The summed E-state index contributed by atoms with van der Waals surface area (Å²) in [7, 11) is 2.14. The molecule has 1 saturated heterocycles. The van der Waals surface area contributed by atoms with Crippen LogP contribution in [0.25, 0.3) is 5.69 Å². The van der Waals surface area contributed by atoms with Crippen LogP contribution in [0.1, 0.15) is 46.8 Å². The third kappa shape index (κ3) is 3.56. The molecule has 5 rings (SSSR count). The van der Waals surface area contributed by atoms with Gasteiger partial charge in [-0.2, -0.15) is 5.10 Å². The number of furan rings is 1. The topological polar surface area (TPSA) is 54.5 Å². The molecule has 1 aromatic carbocycles. The van der Waals surface area contributed by atoms with Crippen LogP contribution in [-0.4, -0.2) is 51.7 Å². The average molecular weight is 405 g/mol. The van der Waals surface area contributed by atoms with Crippen molar-refractivity contribution in [1.29, 1.82) is 0 Å². The Morgan fingerprint density at radius 3 is 2.67 bits per heavy atom. The van der Waals surface area contributed by atoms with Crippen molar-refractivity contribution in [2.24, 2.45) is 0 Å². The molecule has 0 spiro atoms. The Bertz CT molecular complexity index is 1000. The number of fused-ring (bicyclic) bond motifs is 1. The standard InChI is InChI=1S/C24H28N4O2/c1-26-14-12-18(13-15-26)27(17-20-9-6-16-30-20)24(29)23-21-10-5-11-22(21)28(25-23)19-7-3-2-4-8-19/h2-4,6-9,16,18H,5,10-15,17H2,1H3. The van der Waals surface area contributed by atoms with Gasteiger partial charge in [0.15, 0.2) is 5.69 Å². The summed E-state index contributed by atoms with van der Waals surface area (Å²) in [6.07, 6.45) is 6.60. The van der Waals surface area contributed by atoms with Gasteiger partial charge in [0.2, 0.25) is 0 Å². The quantitative estimate of drug-likeness (QED) is 0.651. The van der Waals surface area contributed by atoms with Crippen LogP contribution in [0.2, 0.25) is 0 Å². The first-order valence-corrected chi connectivity index (χ1v) is 10.9. The summed E-state index contributed by atoms with van der Waals surface area (Å²) in [5, 5.41) is 4.85. The summed E-state index contributed by atoms with van der Waals surface area (Å²) in [6, 6.07) is 14.2. The molecule has 1 fully saturated rings. The lowest BCUT2D eigenvalue weighted by atomic mass is 10.0. The van der Waals surface area contributed by atoms with Crippen LogP contribution in [0.3, 0.4) is 0 Å². The van der Waals surface area contributed by atoms with E-state index in [0.717, 1.165) is 62.2 Å². The number of rotatable bonds is 5. The summed E-state index contributed by atoms with van der Waals surface area (Å²) < 4.78 is 7.58. The molecule has 1 amide bonds. The molecule has 1 aliphatic heterocycles. The summed E-state index contributed by atoms with van der Waals surface area (Å²) >= 11 is 0. The fraction of sp³-hybridized carbons (Fsp3) is 0.417. The Balaban J connectivity index is 1.50. The monoisotopic (exact) mass is 404 g/mol. The molecule has 3 heterocycles. The number of hydrogen-bond donors (Lipinski definition) is 0. The first-order chi connectivity index (χ1) is 14.7. The van der Waals surface area contributed by atoms with E-state index in [4.69, 9.17) is 9.52 Å². The molecule has 30 heavy (non-hydrogen) atoms. The van der Waals surface area contributed by atoms with E-state index in [9.17, 15) is 4.79 Å². The maximum absolute atomic E-state index is 13.9. The van der Waals surface area contributed by atoms with Crippen molar-refractivity contribution in [2.75, 3.05) is 20.1 Å². The zero-order valence-electron chi connectivity index (χ0n) is 17.5. The highest BCUT2D eigenvalue weighted by atomic mass is 16.3. The lowest BCUT2D eigenvalue weighted by Crippen LogP contribution is -2.46. The highest BCUT2D eigenvalue weighted by Crippen LogP contribution is 2.30. The van der Waals surface area contributed by atoms with Crippen LogP contribution < -0.4 is 0 Å². The van der Waals surface area contributed by atoms with Crippen molar-refractivity contribution in [3.05, 3.63) is 71.4 Å². The Kier molecular flexibility index (Phi) is 5.17. The number of likely N-dealkylation sites (tertiary alicyclic amines) is 1.